The van der Waals surface area contributed by atoms with Crippen molar-refractivity contribution in [2.75, 3.05) is 19.0 Å². The SMILES string of the molecule is COc1ccc(Cl)cc1Cn1c(=O)[nH]c2cnc(NCC3CCC(O)CC3)nc21. The van der Waals surface area contributed by atoms with Gasteiger partial charge in [0, 0.05) is 17.1 Å². The highest BCUT2D eigenvalue weighted by molar-refractivity contribution is 6.30. The molecule has 2 aromatic heterocycles. The van der Waals surface area contributed by atoms with E-state index in [2.05, 4.69) is 20.3 Å². The van der Waals surface area contributed by atoms with Gasteiger partial charge in [-0.2, -0.15) is 4.98 Å². The van der Waals surface area contributed by atoms with E-state index in [0.717, 1.165) is 37.8 Å². The highest BCUT2D eigenvalue weighted by Crippen LogP contribution is 2.25. The number of aromatic amines is 1. The second kappa shape index (κ2) is 8.42. The molecule has 0 atom stereocenters. The molecular weight excluding hydrogens is 394 g/mol. The van der Waals surface area contributed by atoms with Crippen molar-refractivity contribution >= 4 is 28.7 Å². The predicted octanol–water partition coefficient (Wildman–Crippen LogP) is 2.79. The van der Waals surface area contributed by atoms with Crippen LogP contribution in [-0.2, 0) is 6.54 Å². The second-order valence-electron chi connectivity index (χ2n) is 7.46. The number of anilines is 1. The third-order valence-electron chi connectivity index (χ3n) is 5.45. The lowest BCUT2D eigenvalue weighted by molar-refractivity contribution is 0.111. The van der Waals surface area contributed by atoms with Gasteiger partial charge in [-0.1, -0.05) is 11.6 Å². The fourth-order valence-corrected chi connectivity index (χ4v) is 4.00. The molecule has 1 saturated carbocycles. The molecule has 3 aromatic rings. The molecule has 1 aliphatic carbocycles. The molecule has 3 N–H and O–H groups in total. The number of methoxy groups -OCH3 is 1. The first-order chi connectivity index (χ1) is 14.0. The smallest absolute Gasteiger partial charge is 0.328 e. The number of hydrogen-bond donors (Lipinski definition) is 3. The molecule has 1 aromatic carbocycles. The normalized spacial score (nSPS) is 19.4. The Kier molecular flexibility index (Phi) is 5.73. The van der Waals surface area contributed by atoms with Gasteiger partial charge in [0.05, 0.1) is 26.0 Å². The average molecular weight is 418 g/mol. The Labute approximate surface area is 172 Å². The van der Waals surface area contributed by atoms with Gasteiger partial charge in [-0.3, -0.25) is 4.57 Å². The van der Waals surface area contributed by atoms with Gasteiger partial charge >= 0.3 is 5.69 Å². The van der Waals surface area contributed by atoms with Crippen LogP contribution >= 0.6 is 11.6 Å². The second-order valence-corrected chi connectivity index (χ2v) is 7.90. The molecule has 8 nitrogen and oxygen atoms in total. The van der Waals surface area contributed by atoms with Gasteiger partial charge < -0.3 is 20.1 Å². The van der Waals surface area contributed by atoms with E-state index >= 15 is 0 Å². The largest absolute Gasteiger partial charge is 0.496 e. The molecule has 1 fully saturated rings. The maximum absolute atomic E-state index is 12.5. The van der Waals surface area contributed by atoms with Crippen molar-refractivity contribution in [3.63, 3.8) is 0 Å². The fraction of sp³-hybridized carbons (Fsp3) is 0.450. The molecular formula is C20H24ClN5O3. The van der Waals surface area contributed by atoms with E-state index in [0.29, 0.717) is 33.8 Å². The first-order valence-electron chi connectivity index (χ1n) is 9.73. The standard InChI is InChI=1S/C20H24ClN5O3/c1-29-17-7-4-14(21)8-13(17)11-26-18-16(24-20(26)28)10-23-19(25-18)22-9-12-2-5-15(27)6-3-12/h4,7-8,10,12,15,27H,2-3,5-6,9,11H2,1H3,(H,24,28)(H,22,23,25). The van der Waals surface area contributed by atoms with E-state index in [1.807, 2.05) is 0 Å². The van der Waals surface area contributed by atoms with Gasteiger partial charge in [-0.15, -0.1) is 0 Å². The molecule has 0 radical (unpaired) electrons. The lowest BCUT2D eigenvalue weighted by atomic mass is 9.87. The molecule has 154 valence electrons. The van der Waals surface area contributed by atoms with Crippen LogP contribution in [-0.4, -0.2) is 44.4 Å². The van der Waals surface area contributed by atoms with Crippen LogP contribution in [0.4, 0.5) is 5.95 Å². The predicted molar refractivity (Wildman–Crippen MR) is 112 cm³/mol. The monoisotopic (exact) mass is 417 g/mol. The minimum absolute atomic E-state index is 0.170. The summed E-state index contributed by atoms with van der Waals surface area (Å²) in [5, 5.41) is 13.5. The number of nitrogens with zero attached hydrogens (tertiary/aromatic N) is 3. The van der Waals surface area contributed by atoms with E-state index in [1.54, 1.807) is 36.1 Å². The van der Waals surface area contributed by atoms with Crippen molar-refractivity contribution in [2.24, 2.45) is 5.92 Å². The molecule has 4 rings (SSSR count). The number of nitrogens with one attached hydrogen (secondary N) is 2. The minimum atomic E-state index is -0.269. The molecule has 0 amide bonds. The van der Waals surface area contributed by atoms with Crippen LogP contribution in [0.15, 0.2) is 29.2 Å². The Morgan fingerprint density at radius 1 is 1.34 bits per heavy atom. The van der Waals surface area contributed by atoms with Gasteiger partial charge in [0.15, 0.2) is 5.65 Å². The zero-order chi connectivity index (χ0) is 20.4. The van der Waals surface area contributed by atoms with Crippen molar-refractivity contribution < 1.29 is 9.84 Å². The Hall–Kier alpha value is -2.58. The molecule has 29 heavy (non-hydrogen) atoms. The highest BCUT2D eigenvalue weighted by atomic mass is 35.5. The summed E-state index contributed by atoms with van der Waals surface area (Å²) in [7, 11) is 1.58. The number of ether oxygens (including phenoxy) is 1. The number of H-pyrrole nitrogens is 1. The van der Waals surface area contributed by atoms with E-state index < -0.39 is 0 Å². The average Bonchev–Trinajstić information content (AvgIpc) is 3.02. The third-order valence-corrected chi connectivity index (χ3v) is 5.68. The third kappa shape index (κ3) is 4.38. The number of aliphatic hydroxyl groups is 1. The molecule has 2 heterocycles. The van der Waals surface area contributed by atoms with Crippen LogP contribution in [0.2, 0.25) is 5.02 Å². The summed E-state index contributed by atoms with van der Waals surface area (Å²) >= 11 is 6.12. The van der Waals surface area contributed by atoms with E-state index in [1.165, 1.54) is 0 Å². The Bertz CT molecular complexity index is 1060. The molecule has 0 spiro atoms. The maximum Gasteiger partial charge on any atom is 0.328 e. The zero-order valence-electron chi connectivity index (χ0n) is 16.2. The molecule has 1 aliphatic rings. The number of aliphatic hydroxyl groups excluding tert-OH is 1. The van der Waals surface area contributed by atoms with Gasteiger partial charge in [0.2, 0.25) is 5.95 Å². The van der Waals surface area contributed by atoms with Crippen LogP contribution < -0.4 is 15.7 Å². The molecule has 9 heteroatoms. The summed E-state index contributed by atoms with van der Waals surface area (Å²) in [6.45, 7) is 1.02. The number of rotatable bonds is 6. The van der Waals surface area contributed by atoms with Crippen LogP contribution in [0.3, 0.4) is 0 Å². The Morgan fingerprint density at radius 3 is 2.90 bits per heavy atom. The van der Waals surface area contributed by atoms with E-state index in [-0.39, 0.29) is 18.3 Å². The van der Waals surface area contributed by atoms with E-state index in [9.17, 15) is 9.90 Å². The fourth-order valence-electron chi connectivity index (χ4n) is 3.80. The van der Waals surface area contributed by atoms with Crippen molar-refractivity contribution in [2.45, 2.75) is 38.3 Å². The lowest BCUT2D eigenvalue weighted by Gasteiger charge is -2.25. The summed E-state index contributed by atoms with van der Waals surface area (Å²) in [6.07, 6.45) is 5.09. The molecule has 0 saturated heterocycles. The van der Waals surface area contributed by atoms with Crippen LogP contribution in [0.25, 0.3) is 11.2 Å². The van der Waals surface area contributed by atoms with Crippen LogP contribution in [0.1, 0.15) is 31.2 Å². The number of benzene rings is 1. The van der Waals surface area contributed by atoms with Crippen molar-refractivity contribution in [1.29, 1.82) is 0 Å². The number of fused-ring (bicyclic) bond motifs is 1. The minimum Gasteiger partial charge on any atom is -0.496 e. The highest BCUT2D eigenvalue weighted by Gasteiger charge is 2.19. The first-order valence-corrected chi connectivity index (χ1v) is 10.1. The van der Waals surface area contributed by atoms with Gasteiger partial charge in [0.25, 0.3) is 0 Å². The summed E-state index contributed by atoms with van der Waals surface area (Å²) in [5.74, 6) is 1.62. The number of hydrogen-bond acceptors (Lipinski definition) is 6. The van der Waals surface area contributed by atoms with Crippen LogP contribution in [0, 0.1) is 5.92 Å². The summed E-state index contributed by atoms with van der Waals surface area (Å²) in [6, 6.07) is 5.31. The molecule has 0 bridgehead atoms. The summed E-state index contributed by atoms with van der Waals surface area (Å²) in [5.41, 5.74) is 1.61. The Morgan fingerprint density at radius 2 is 2.14 bits per heavy atom. The van der Waals surface area contributed by atoms with Gasteiger partial charge in [-0.05, 0) is 49.8 Å². The number of halogens is 1. The number of aromatic nitrogens is 4. The topological polar surface area (TPSA) is 105 Å². The van der Waals surface area contributed by atoms with E-state index in [4.69, 9.17) is 16.3 Å². The molecule has 0 aliphatic heterocycles. The quantitative estimate of drug-likeness (QED) is 0.569. The first kappa shape index (κ1) is 19.7. The summed E-state index contributed by atoms with van der Waals surface area (Å²) < 4.78 is 6.94. The molecule has 0 unspecified atom stereocenters. The van der Waals surface area contributed by atoms with Gasteiger partial charge in [0.1, 0.15) is 11.3 Å². The van der Waals surface area contributed by atoms with Crippen molar-refractivity contribution in [1.82, 2.24) is 19.5 Å². The van der Waals surface area contributed by atoms with Crippen molar-refractivity contribution in [3.8, 4) is 5.75 Å². The zero-order valence-corrected chi connectivity index (χ0v) is 16.9. The Balaban J connectivity index is 1.57. The van der Waals surface area contributed by atoms with Crippen molar-refractivity contribution in [3.05, 3.63) is 45.5 Å². The lowest BCUT2D eigenvalue weighted by Crippen LogP contribution is -2.24. The summed E-state index contributed by atoms with van der Waals surface area (Å²) in [4.78, 5) is 24.2. The van der Waals surface area contributed by atoms with Gasteiger partial charge in [-0.25, -0.2) is 9.78 Å². The maximum atomic E-state index is 12.5. The number of imidazole rings is 1. The van der Waals surface area contributed by atoms with Crippen LogP contribution in [0.5, 0.6) is 5.75 Å².